The van der Waals surface area contributed by atoms with Crippen LogP contribution in [0.2, 0.25) is 0 Å². The van der Waals surface area contributed by atoms with Crippen LogP contribution in [0.4, 0.5) is 5.69 Å². The van der Waals surface area contributed by atoms with Gasteiger partial charge in [-0.2, -0.15) is 5.01 Å². The summed E-state index contributed by atoms with van der Waals surface area (Å²) in [6, 6.07) is 11.4. The fraction of sp³-hybridized carbons (Fsp3) is 0.500. The van der Waals surface area contributed by atoms with Crippen molar-refractivity contribution in [3.8, 4) is 0 Å². The molecule has 0 aromatic heterocycles. The first-order valence-corrected chi connectivity index (χ1v) is 10.1. The Labute approximate surface area is 154 Å². The molecule has 25 heavy (non-hydrogen) atoms. The van der Waals surface area contributed by atoms with Crippen molar-refractivity contribution < 1.29 is 0 Å². The number of nitrogens with zero attached hydrogens (tertiary/aromatic N) is 2. The largest absolute Gasteiger partial charge is 0.313 e. The summed E-state index contributed by atoms with van der Waals surface area (Å²) in [6.07, 6.45) is 2.43. The van der Waals surface area contributed by atoms with Crippen LogP contribution in [-0.4, -0.2) is 27.2 Å². The molecule has 5 heteroatoms. The Hall–Kier alpha value is -1.27. The van der Waals surface area contributed by atoms with Crippen LogP contribution in [0.15, 0.2) is 35.2 Å². The molecule has 134 valence electrons. The number of hydrogen-bond acceptors (Lipinski definition) is 5. The molecule has 2 aliphatic rings. The molecule has 2 atom stereocenters. The molecule has 2 unspecified atom stereocenters. The maximum absolute atomic E-state index is 3.75. The van der Waals surface area contributed by atoms with Gasteiger partial charge in [0.25, 0.3) is 0 Å². The lowest BCUT2D eigenvalue weighted by Crippen LogP contribution is -2.51. The second-order valence-corrected chi connectivity index (χ2v) is 9.00. The highest BCUT2D eigenvalue weighted by Gasteiger charge is 2.46. The van der Waals surface area contributed by atoms with Crippen LogP contribution in [-0.2, 0) is 6.42 Å². The van der Waals surface area contributed by atoms with Crippen molar-refractivity contribution in [2.45, 2.75) is 69.6 Å². The summed E-state index contributed by atoms with van der Waals surface area (Å²) in [5, 5.41) is 7.39. The zero-order chi connectivity index (χ0) is 17.8. The third kappa shape index (κ3) is 2.83. The maximum Gasteiger partial charge on any atom is 0.147 e. The average Bonchev–Trinajstić information content (AvgIpc) is 2.97. The van der Waals surface area contributed by atoms with Crippen LogP contribution in [0.1, 0.15) is 46.6 Å². The standard InChI is InChI=1S/C20H28N4S/c1-6-13-8-10-15-14(12-13)9-11-16-18(15)22-23-17(7-2)21-24(19(23)25-16)20(3,4)5/h8-12,17,19,21-22H,6-7H2,1-5H3. The lowest BCUT2D eigenvalue weighted by molar-refractivity contribution is 0.0827. The maximum atomic E-state index is 3.75. The van der Waals surface area contributed by atoms with Crippen molar-refractivity contribution in [3.05, 3.63) is 35.9 Å². The van der Waals surface area contributed by atoms with E-state index in [0.29, 0.717) is 6.17 Å². The van der Waals surface area contributed by atoms with Gasteiger partial charge < -0.3 is 5.43 Å². The third-order valence-corrected chi connectivity index (χ3v) is 6.36. The number of anilines is 1. The minimum absolute atomic E-state index is 0.0614. The highest BCUT2D eigenvalue weighted by molar-refractivity contribution is 8.00. The Morgan fingerprint density at radius 3 is 2.60 bits per heavy atom. The van der Waals surface area contributed by atoms with E-state index in [1.165, 1.54) is 26.9 Å². The first kappa shape index (κ1) is 17.2. The molecule has 2 aromatic rings. The quantitative estimate of drug-likeness (QED) is 0.809. The van der Waals surface area contributed by atoms with Gasteiger partial charge in [0.2, 0.25) is 0 Å². The summed E-state index contributed by atoms with van der Waals surface area (Å²) in [7, 11) is 0. The van der Waals surface area contributed by atoms with Crippen LogP contribution in [0.25, 0.3) is 10.8 Å². The first-order valence-electron chi connectivity index (χ1n) is 9.25. The van der Waals surface area contributed by atoms with Gasteiger partial charge >= 0.3 is 0 Å². The smallest absolute Gasteiger partial charge is 0.147 e. The summed E-state index contributed by atoms with van der Waals surface area (Å²) in [5.74, 6) is 0. The number of hydrogen-bond donors (Lipinski definition) is 2. The van der Waals surface area contributed by atoms with Crippen LogP contribution in [0.5, 0.6) is 0 Å². The lowest BCUT2D eigenvalue weighted by atomic mass is 10.0. The van der Waals surface area contributed by atoms with Crippen LogP contribution in [0, 0.1) is 0 Å². The SMILES string of the molecule is CCc1ccc2c3c(ccc2c1)SC1N(N3)C(CC)NN1C(C)(C)C. The Bertz CT molecular complexity index is 798. The van der Waals surface area contributed by atoms with Gasteiger partial charge in [0, 0.05) is 15.8 Å². The minimum Gasteiger partial charge on any atom is -0.313 e. The average molecular weight is 357 g/mol. The zero-order valence-electron chi connectivity index (χ0n) is 15.8. The molecule has 2 aliphatic heterocycles. The molecule has 0 aliphatic carbocycles. The fourth-order valence-corrected chi connectivity index (χ4v) is 5.10. The molecule has 0 bridgehead atoms. The molecule has 0 amide bonds. The molecule has 4 nitrogen and oxygen atoms in total. The highest BCUT2D eigenvalue weighted by atomic mass is 32.2. The van der Waals surface area contributed by atoms with Crippen LogP contribution in [0.3, 0.4) is 0 Å². The number of thioether (sulfide) groups is 1. The number of hydrazine groups is 2. The van der Waals surface area contributed by atoms with Crippen molar-refractivity contribution in [2.24, 2.45) is 0 Å². The Kier molecular flexibility index (Phi) is 4.23. The van der Waals surface area contributed by atoms with Gasteiger partial charge in [-0.25, -0.2) is 10.4 Å². The second-order valence-electron chi connectivity index (χ2n) is 7.90. The molecule has 1 fully saturated rings. The molecule has 0 radical (unpaired) electrons. The van der Waals surface area contributed by atoms with Gasteiger partial charge in [-0.05, 0) is 50.6 Å². The number of nitrogens with one attached hydrogen (secondary N) is 2. The summed E-state index contributed by atoms with van der Waals surface area (Å²) in [5.41, 5.74) is 10.4. The molecular formula is C20H28N4S. The predicted molar refractivity (Wildman–Crippen MR) is 107 cm³/mol. The summed E-state index contributed by atoms with van der Waals surface area (Å²) in [4.78, 5) is 1.32. The Balaban J connectivity index is 1.77. The Morgan fingerprint density at radius 1 is 1.12 bits per heavy atom. The second kappa shape index (κ2) is 6.16. The van der Waals surface area contributed by atoms with Gasteiger partial charge in [0.05, 0.1) is 11.9 Å². The Morgan fingerprint density at radius 2 is 1.92 bits per heavy atom. The molecule has 2 N–H and O–H groups in total. The molecule has 2 heterocycles. The van der Waals surface area contributed by atoms with E-state index in [0.717, 1.165) is 12.8 Å². The summed E-state index contributed by atoms with van der Waals surface area (Å²) in [6.45, 7) is 11.2. The summed E-state index contributed by atoms with van der Waals surface area (Å²) < 4.78 is 0. The first-order chi connectivity index (χ1) is 11.9. The fourth-order valence-electron chi connectivity index (χ4n) is 3.66. The van der Waals surface area contributed by atoms with Crippen LogP contribution < -0.4 is 10.9 Å². The molecule has 0 saturated carbocycles. The van der Waals surface area contributed by atoms with Gasteiger partial charge in [0.15, 0.2) is 0 Å². The number of fused-ring (bicyclic) bond motifs is 4. The van der Waals surface area contributed by atoms with E-state index in [9.17, 15) is 0 Å². The van der Waals surface area contributed by atoms with Crippen molar-refractivity contribution in [1.29, 1.82) is 0 Å². The number of aryl methyl sites for hydroxylation is 1. The van der Waals surface area contributed by atoms with Crippen molar-refractivity contribution in [2.75, 3.05) is 5.43 Å². The van der Waals surface area contributed by atoms with Gasteiger partial charge in [0.1, 0.15) is 5.50 Å². The van der Waals surface area contributed by atoms with Gasteiger partial charge in [-0.1, -0.05) is 49.9 Å². The molecule has 1 saturated heterocycles. The molecule has 0 spiro atoms. The highest BCUT2D eigenvalue weighted by Crippen LogP contribution is 2.46. The van der Waals surface area contributed by atoms with Gasteiger partial charge in [-0.15, -0.1) is 0 Å². The molecule has 2 aromatic carbocycles. The van der Waals surface area contributed by atoms with E-state index in [4.69, 9.17) is 0 Å². The van der Waals surface area contributed by atoms with Crippen LogP contribution >= 0.6 is 11.8 Å². The van der Waals surface area contributed by atoms with E-state index in [2.05, 4.69) is 85.8 Å². The van der Waals surface area contributed by atoms with Crippen molar-refractivity contribution in [1.82, 2.24) is 15.4 Å². The number of rotatable bonds is 2. The summed E-state index contributed by atoms with van der Waals surface area (Å²) >= 11 is 1.93. The predicted octanol–water partition coefficient (Wildman–Crippen LogP) is 4.78. The van der Waals surface area contributed by atoms with Crippen molar-refractivity contribution >= 4 is 28.2 Å². The van der Waals surface area contributed by atoms with E-state index in [1.807, 2.05) is 11.8 Å². The lowest BCUT2D eigenvalue weighted by Gasteiger charge is -2.40. The van der Waals surface area contributed by atoms with E-state index in [-0.39, 0.29) is 11.0 Å². The van der Waals surface area contributed by atoms with E-state index < -0.39 is 0 Å². The minimum atomic E-state index is 0.0614. The molecular weight excluding hydrogens is 328 g/mol. The van der Waals surface area contributed by atoms with Gasteiger partial charge in [-0.3, -0.25) is 0 Å². The molecule has 4 rings (SSSR count). The topological polar surface area (TPSA) is 30.5 Å². The number of benzene rings is 2. The monoisotopic (exact) mass is 356 g/mol. The third-order valence-electron chi connectivity index (χ3n) is 5.12. The zero-order valence-corrected chi connectivity index (χ0v) is 16.6. The van der Waals surface area contributed by atoms with E-state index >= 15 is 0 Å². The van der Waals surface area contributed by atoms with Crippen molar-refractivity contribution in [3.63, 3.8) is 0 Å². The van der Waals surface area contributed by atoms with E-state index in [1.54, 1.807) is 0 Å². The normalized spacial score (nSPS) is 24.2.